The van der Waals surface area contributed by atoms with E-state index >= 15 is 0 Å². The van der Waals surface area contributed by atoms with Crippen molar-refractivity contribution >= 4 is 21.6 Å². The van der Waals surface area contributed by atoms with Gasteiger partial charge in [0.15, 0.2) is 0 Å². The quantitative estimate of drug-likeness (QED) is 0.764. The van der Waals surface area contributed by atoms with Gasteiger partial charge in [-0.3, -0.25) is 9.78 Å². The minimum absolute atomic E-state index is 0.106. The number of amides is 1. The van der Waals surface area contributed by atoms with E-state index in [0.717, 1.165) is 0 Å². The fourth-order valence-electron chi connectivity index (χ4n) is 2.46. The highest BCUT2D eigenvalue weighted by Gasteiger charge is 2.23. The summed E-state index contributed by atoms with van der Waals surface area (Å²) in [7, 11) is -3.64. The second-order valence-electron chi connectivity index (χ2n) is 5.37. The summed E-state index contributed by atoms with van der Waals surface area (Å²) in [6.45, 7) is 6.49. The number of ether oxygens (including phenoxy) is 1. The second-order valence-corrected chi connectivity index (χ2v) is 7.31. The van der Waals surface area contributed by atoms with Crippen LogP contribution in [0, 0.1) is 0 Å². The van der Waals surface area contributed by atoms with Crippen LogP contribution in [0.3, 0.4) is 0 Å². The number of nitrogens with zero attached hydrogens (tertiary/aromatic N) is 2. The van der Waals surface area contributed by atoms with E-state index in [1.54, 1.807) is 32.0 Å². The highest BCUT2D eigenvalue weighted by Crippen LogP contribution is 2.29. The van der Waals surface area contributed by atoms with Crippen LogP contribution in [0.5, 0.6) is 5.75 Å². The Morgan fingerprint density at radius 3 is 2.35 bits per heavy atom. The van der Waals surface area contributed by atoms with Crippen LogP contribution in [0.15, 0.2) is 47.6 Å². The van der Waals surface area contributed by atoms with Gasteiger partial charge in [0.1, 0.15) is 5.75 Å². The number of carbonyl (C=O) groups excluding carboxylic acids is 1. The van der Waals surface area contributed by atoms with Crippen molar-refractivity contribution in [1.82, 2.24) is 9.29 Å². The van der Waals surface area contributed by atoms with Crippen LogP contribution in [0.4, 0.5) is 5.69 Å². The standard InChI is InChI=1S/C18H23N3O4S/c1-4-21(5-2)26(23,24)15-7-8-17(25-6-3)16(13-15)20-18(22)14-9-11-19-12-10-14/h7-13H,4-6H2,1-3H3,(H,20,22). The van der Waals surface area contributed by atoms with Gasteiger partial charge in [0.2, 0.25) is 10.0 Å². The largest absolute Gasteiger partial charge is 0.492 e. The second kappa shape index (κ2) is 8.77. The molecule has 140 valence electrons. The van der Waals surface area contributed by atoms with Gasteiger partial charge < -0.3 is 10.1 Å². The van der Waals surface area contributed by atoms with Crippen LogP contribution in [0.2, 0.25) is 0 Å². The average Bonchev–Trinajstić information content (AvgIpc) is 2.64. The summed E-state index contributed by atoms with van der Waals surface area (Å²) in [6.07, 6.45) is 3.03. The third kappa shape index (κ3) is 4.39. The lowest BCUT2D eigenvalue weighted by Crippen LogP contribution is -2.30. The van der Waals surface area contributed by atoms with Gasteiger partial charge in [-0.15, -0.1) is 0 Å². The van der Waals surface area contributed by atoms with E-state index < -0.39 is 10.0 Å². The summed E-state index contributed by atoms with van der Waals surface area (Å²) in [6, 6.07) is 7.62. The van der Waals surface area contributed by atoms with Crippen molar-refractivity contribution in [2.45, 2.75) is 25.7 Å². The summed E-state index contributed by atoms with van der Waals surface area (Å²) in [5, 5.41) is 2.72. The summed E-state index contributed by atoms with van der Waals surface area (Å²) in [5.74, 6) is 0.0409. The normalized spacial score (nSPS) is 11.4. The zero-order valence-electron chi connectivity index (χ0n) is 15.1. The lowest BCUT2D eigenvalue weighted by atomic mass is 10.2. The molecule has 2 rings (SSSR count). The molecule has 0 aliphatic carbocycles. The van der Waals surface area contributed by atoms with E-state index in [1.165, 1.54) is 28.8 Å². The van der Waals surface area contributed by atoms with Gasteiger partial charge in [0.05, 0.1) is 17.2 Å². The van der Waals surface area contributed by atoms with Gasteiger partial charge in [-0.1, -0.05) is 13.8 Å². The van der Waals surface area contributed by atoms with Crippen LogP contribution in [-0.4, -0.2) is 43.3 Å². The maximum atomic E-state index is 12.7. The minimum Gasteiger partial charge on any atom is -0.492 e. The van der Waals surface area contributed by atoms with E-state index in [0.29, 0.717) is 36.7 Å². The Balaban J connectivity index is 2.41. The third-order valence-corrected chi connectivity index (χ3v) is 5.83. The molecule has 0 unspecified atom stereocenters. The van der Waals surface area contributed by atoms with Crippen LogP contribution in [0.1, 0.15) is 31.1 Å². The highest BCUT2D eigenvalue weighted by molar-refractivity contribution is 7.89. The molecule has 1 N–H and O–H groups in total. The van der Waals surface area contributed by atoms with Crippen molar-refractivity contribution in [3.8, 4) is 5.75 Å². The average molecular weight is 377 g/mol. The van der Waals surface area contributed by atoms with Crippen molar-refractivity contribution < 1.29 is 17.9 Å². The summed E-state index contributed by atoms with van der Waals surface area (Å²) in [5.41, 5.74) is 0.723. The molecule has 0 saturated heterocycles. The smallest absolute Gasteiger partial charge is 0.255 e. The molecule has 1 aromatic heterocycles. The zero-order chi connectivity index (χ0) is 19.2. The van der Waals surface area contributed by atoms with Crippen LogP contribution in [-0.2, 0) is 10.0 Å². The third-order valence-electron chi connectivity index (χ3n) is 3.78. The monoisotopic (exact) mass is 377 g/mol. The highest BCUT2D eigenvalue weighted by atomic mass is 32.2. The molecule has 2 aromatic rings. The summed E-state index contributed by atoms with van der Waals surface area (Å²) in [4.78, 5) is 16.4. The molecule has 0 aliphatic heterocycles. The summed E-state index contributed by atoms with van der Waals surface area (Å²) >= 11 is 0. The van der Waals surface area contributed by atoms with E-state index in [1.807, 2.05) is 6.92 Å². The first-order chi connectivity index (χ1) is 12.4. The van der Waals surface area contributed by atoms with Crippen molar-refractivity contribution in [1.29, 1.82) is 0 Å². The number of hydrogen-bond acceptors (Lipinski definition) is 5. The number of rotatable bonds is 8. The van der Waals surface area contributed by atoms with Crippen molar-refractivity contribution in [3.63, 3.8) is 0 Å². The van der Waals surface area contributed by atoms with Gasteiger partial charge in [0, 0.05) is 31.0 Å². The maximum absolute atomic E-state index is 12.7. The first kappa shape index (κ1) is 19.9. The number of hydrogen-bond donors (Lipinski definition) is 1. The molecule has 1 aromatic carbocycles. The molecule has 26 heavy (non-hydrogen) atoms. The van der Waals surface area contributed by atoms with E-state index in [9.17, 15) is 13.2 Å². The molecule has 0 fully saturated rings. The number of pyridine rings is 1. The zero-order valence-corrected chi connectivity index (χ0v) is 15.9. The molecule has 0 radical (unpaired) electrons. The predicted octanol–water partition coefficient (Wildman–Crippen LogP) is 2.76. The molecule has 0 bridgehead atoms. The molecule has 0 saturated carbocycles. The number of sulfonamides is 1. The number of carbonyl (C=O) groups is 1. The Morgan fingerprint density at radius 1 is 1.12 bits per heavy atom. The van der Waals surface area contributed by atoms with Crippen molar-refractivity contribution in [3.05, 3.63) is 48.3 Å². The molecule has 0 aliphatic rings. The van der Waals surface area contributed by atoms with Gasteiger partial charge in [-0.2, -0.15) is 4.31 Å². The molecule has 8 heteroatoms. The SMILES string of the molecule is CCOc1ccc(S(=O)(=O)N(CC)CC)cc1NC(=O)c1ccncc1. The van der Waals surface area contributed by atoms with Gasteiger partial charge in [0.25, 0.3) is 5.91 Å². The van der Waals surface area contributed by atoms with Crippen molar-refractivity contribution in [2.24, 2.45) is 0 Å². The molecule has 1 heterocycles. The molecule has 0 atom stereocenters. The number of aromatic nitrogens is 1. The van der Waals surface area contributed by atoms with E-state index in [-0.39, 0.29) is 10.8 Å². The fourth-order valence-corrected chi connectivity index (χ4v) is 3.94. The van der Waals surface area contributed by atoms with E-state index in [2.05, 4.69) is 10.3 Å². The molecular formula is C18H23N3O4S. The Labute approximate surface area is 154 Å². The Kier molecular flexibility index (Phi) is 6.70. The number of nitrogens with one attached hydrogen (secondary N) is 1. The number of anilines is 1. The Morgan fingerprint density at radius 2 is 1.77 bits per heavy atom. The van der Waals surface area contributed by atoms with Crippen LogP contribution < -0.4 is 10.1 Å². The first-order valence-corrected chi connectivity index (χ1v) is 9.86. The summed E-state index contributed by atoms with van der Waals surface area (Å²) < 4.78 is 32.3. The first-order valence-electron chi connectivity index (χ1n) is 8.42. The molecule has 0 spiro atoms. The van der Waals surface area contributed by atoms with E-state index in [4.69, 9.17) is 4.74 Å². The Bertz CT molecular complexity index is 850. The van der Waals surface area contributed by atoms with Crippen molar-refractivity contribution in [2.75, 3.05) is 25.0 Å². The fraction of sp³-hybridized carbons (Fsp3) is 0.333. The topological polar surface area (TPSA) is 88.6 Å². The van der Waals surface area contributed by atoms with Crippen LogP contribution >= 0.6 is 0 Å². The predicted molar refractivity (Wildman–Crippen MR) is 99.9 cm³/mol. The maximum Gasteiger partial charge on any atom is 0.255 e. The molecule has 7 nitrogen and oxygen atoms in total. The van der Waals surface area contributed by atoms with Gasteiger partial charge >= 0.3 is 0 Å². The lowest BCUT2D eigenvalue weighted by molar-refractivity contribution is 0.102. The van der Waals surface area contributed by atoms with Crippen LogP contribution in [0.25, 0.3) is 0 Å². The van der Waals surface area contributed by atoms with Gasteiger partial charge in [-0.25, -0.2) is 8.42 Å². The Hall–Kier alpha value is -2.45. The van der Waals surface area contributed by atoms with Gasteiger partial charge in [-0.05, 0) is 37.3 Å². The molecular weight excluding hydrogens is 354 g/mol. The molecule has 1 amide bonds. The lowest BCUT2D eigenvalue weighted by Gasteiger charge is -2.20. The number of benzene rings is 1. The minimum atomic E-state index is -3.64.